The lowest BCUT2D eigenvalue weighted by atomic mass is 10.2. The molecular formula is C22H22ClFN4O3S. The van der Waals surface area contributed by atoms with E-state index in [-0.39, 0.29) is 28.0 Å². The van der Waals surface area contributed by atoms with Crippen LogP contribution in [-0.2, 0) is 16.6 Å². The summed E-state index contributed by atoms with van der Waals surface area (Å²) in [4.78, 5) is 13.0. The van der Waals surface area contributed by atoms with Crippen molar-refractivity contribution in [1.29, 1.82) is 0 Å². The van der Waals surface area contributed by atoms with E-state index in [9.17, 15) is 17.6 Å². The number of carbonyl (C=O) groups is 1. The molecule has 3 aromatic rings. The minimum absolute atomic E-state index is 0.124. The van der Waals surface area contributed by atoms with Gasteiger partial charge in [0.1, 0.15) is 11.0 Å². The minimum Gasteiger partial charge on any atom is -0.348 e. The third-order valence-corrected chi connectivity index (χ3v) is 7.64. The van der Waals surface area contributed by atoms with Crippen molar-refractivity contribution in [2.45, 2.75) is 31.2 Å². The van der Waals surface area contributed by atoms with E-state index < -0.39 is 15.9 Å². The van der Waals surface area contributed by atoms with Gasteiger partial charge in [0.05, 0.1) is 21.8 Å². The SMILES string of the molecule is Cc1nn(-c2ccc(F)cc2)c(Cl)c1C(=O)NCc1ccc(S(=O)(=O)N2CCCC2)cc1. The second-order valence-electron chi connectivity index (χ2n) is 7.58. The van der Waals surface area contributed by atoms with E-state index in [0.29, 0.717) is 24.5 Å². The lowest BCUT2D eigenvalue weighted by Gasteiger charge is -2.15. The fraction of sp³-hybridized carbons (Fsp3) is 0.273. The molecule has 1 aliphatic heterocycles. The number of halogens is 2. The molecule has 1 aromatic heterocycles. The first-order valence-corrected chi connectivity index (χ1v) is 12.0. The fourth-order valence-corrected chi connectivity index (χ4v) is 5.51. The van der Waals surface area contributed by atoms with Crippen LogP contribution in [0.15, 0.2) is 53.4 Å². The Kier molecular flexibility index (Phi) is 6.32. The summed E-state index contributed by atoms with van der Waals surface area (Å²) in [7, 11) is -3.47. The summed E-state index contributed by atoms with van der Waals surface area (Å²) in [6.45, 7) is 2.96. The van der Waals surface area contributed by atoms with Crippen molar-refractivity contribution in [3.8, 4) is 5.69 Å². The molecule has 0 radical (unpaired) electrons. The predicted molar refractivity (Wildman–Crippen MR) is 119 cm³/mol. The Morgan fingerprint density at radius 2 is 1.72 bits per heavy atom. The molecule has 4 rings (SSSR count). The molecule has 0 aliphatic carbocycles. The average Bonchev–Trinajstić information content (AvgIpc) is 3.42. The standard InChI is InChI=1S/C22H22ClFN4O3S/c1-15-20(21(23)28(26-15)18-8-6-17(24)7-9-18)22(29)25-14-16-4-10-19(11-5-16)32(30,31)27-12-2-3-13-27/h4-11H,2-3,12-14H2,1H3,(H,25,29). The number of benzene rings is 2. The molecule has 0 unspecified atom stereocenters. The van der Waals surface area contributed by atoms with Crippen LogP contribution in [0, 0.1) is 12.7 Å². The van der Waals surface area contributed by atoms with Gasteiger partial charge in [0.25, 0.3) is 5.91 Å². The van der Waals surface area contributed by atoms with Crippen molar-refractivity contribution < 1.29 is 17.6 Å². The van der Waals surface area contributed by atoms with Gasteiger partial charge in [0.2, 0.25) is 10.0 Å². The Morgan fingerprint density at radius 3 is 2.34 bits per heavy atom. The van der Waals surface area contributed by atoms with Crippen molar-refractivity contribution in [3.63, 3.8) is 0 Å². The van der Waals surface area contributed by atoms with Crippen LogP contribution in [0.3, 0.4) is 0 Å². The zero-order valence-corrected chi connectivity index (χ0v) is 19.0. The summed E-state index contributed by atoms with van der Waals surface area (Å²) in [6.07, 6.45) is 1.76. The molecule has 7 nitrogen and oxygen atoms in total. The first-order valence-electron chi connectivity index (χ1n) is 10.2. The zero-order valence-electron chi connectivity index (χ0n) is 17.4. The van der Waals surface area contributed by atoms with Gasteiger partial charge in [0.15, 0.2) is 0 Å². The summed E-state index contributed by atoms with van der Waals surface area (Å²) < 4.78 is 41.3. The molecule has 0 bridgehead atoms. The zero-order chi connectivity index (χ0) is 22.9. The largest absolute Gasteiger partial charge is 0.348 e. The molecule has 2 aromatic carbocycles. The van der Waals surface area contributed by atoms with Gasteiger partial charge in [-0.05, 0) is 61.7 Å². The first kappa shape index (κ1) is 22.4. The second-order valence-corrected chi connectivity index (χ2v) is 9.87. The van der Waals surface area contributed by atoms with Crippen LogP contribution in [0.25, 0.3) is 5.69 Å². The normalized spacial score (nSPS) is 14.6. The van der Waals surface area contributed by atoms with Crippen molar-refractivity contribution >= 4 is 27.5 Å². The van der Waals surface area contributed by atoms with Gasteiger partial charge < -0.3 is 5.32 Å². The number of aromatic nitrogens is 2. The summed E-state index contributed by atoms with van der Waals surface area (Å²) in [5.74, 6) is -0.791. The van der Waals surface area contributed by atoms with Crippen molar-refractivity contribution in [1.82, 2.24) is 19.4 Å². The van der Waals surface area contributed by atoms with Crippen LogP contribution in [0.1, 0.15) is 34.5 Å². The predicted octanol–water partition coefficient (Wildman–Crippen LogP) is 3.69. The van der Waals surface area contributed by atoms with Gasteiger partial charge in [-0.25, -0.2) is 17.5 Å². The maximum atomic E-state index is 13.2. The molecule has 168 valence electrons. The van der Waals surface area contributed by atoms with E-state index in [1.165, 1.54) is 33.3 Å². The number of hydrogen-bond donors (Lipinski definition) is 1. The second kappa shape index (κ2) is 9.01. The highest BCUT2D eigenvalue weighted by molar-refractivity contribution is 7.89. The molecule has 1 fully saturated rings. The maximum Gasteiger partial charge on any atom is 0.256 e. The lowest BCUT2D eigenvalue weighted by molar-refractivity contribution is 0.0950. The quantitative estimate of drug-likeness (QED) is 0.588. The van der Waals surface area contributed by atoms with Crippen LogP contribution in [-0.4, -0.2) is 41.5 Å². The summed E-state index contributed by atoms with van der Waals surface area (Å²) >= 11 is 6.39. The highest BCUT2D eigenvalue weighted by Crippen LogP contribution is 2.24. The lowest BCUT2D eigenvalue weighted by Crippen LogP contribution is -2.28. The van der Waals surface area contributed by atoms with Crippen LogP contribution >= 0.6 is 11.6 Å². The van der Waals surface area contributed by atoms with E-state index in [1.54, 1.807) is 31.2 Å². The molecule has 10 heteroatoms. The van der Waals surface area contributed by atoms with Gasteiger partial charge in [-0.3, -0.25) is 4.79 Å². The Hall–Kier alpha value is -2.75. The van der Waals surface area contributed by atoms with Crippen LogP contribution in [0.2, 0.25) is 5.15 Å². The topological polar surface area (TPSA) is 84.3 Å². The van der Waals surface area contributed by atoms with Gasteiger partial charge in [-0.15, -0.1) is 0 Å². The molecule has 1 saturated heterocycles. The highest BCUT2D eigenvalue weighted by Gasteiger charge is 2.27. The smallest absolute Gasteiger partial charge is 0.256 e. The summed E-state index contributed by atoms with van der Waals surface area (Å²) in [5, 5.41) is 7.20. The number of nitrogens with zero attached hydrogens (tertiary/aromatic N) is 3. The molecular weight excluding hydrogens is 455 g/mol. The molecule has 1 N–H and O–H groups in total. The van der Waals surface area contributed by atoms with Crippen molar-refractivity contribution in [2.24, 2.45) is 0 Å². The molecule has 2 heterocycles. The van der Waals surface area contributed by atoms with E-state index in [4.69, 9.17) is 11.6 Å². The number of rotatable bonds is 6. The Labute approximate surface area is 190 Å². The van der Waals surface area contributed by atoms with Crippen molar-refractivity contribution in [3.05, 3.63) is 76.3 Å². The Bertz CT molecular complexity index is 1240. The van der Waals surface area contributed by atoms with Crippen molar-refractivity contribution in [2.75, 3.05) is 13.1 Å². The molecule has 32 heavy (non-hydrogen) atoms. The first-order chi connectivity index (χ1) is 15.3. The average molecular weight is 477 g/mol. The van der Waals surface area contributed by atoms with E-state index in [2.05, 4.69) is 10.4 Å². The Balaban J connectivity index is 1.45. The van der Waals surface area contributed by atoms with Gasteiger partial charge in [0, 0.05) is 19.6 Å². The molecule has 0 atom stereocenters. The molecule has 0 saturated carbocycles. The number of amides is 1. The van der Waals surface area contributed by atoms with Gasteiger partial charge >= 0.3 is 0 Å². The van der Waals surface area contributed by atoms with Crippen LogP contribution < -0.4 is 5.32 Å². The third kappa shape index (κ3) is 4.41. The van der Waals surface area contributed by atoms with E-state index >= 15 is 0 Å². The van der Waals surface area contributed by atoms with Gasteiger partial charge in [-0.1, -0.05) is 23.7 Å². The Morgan fingerprint density at radius 1 is 1.09 bits per heavy atom. The molecule has 1 amide bonds. The number of sulfonamides is 1. The monoisotopic (exact) mass is 476 g/mol. The molecule has 1 aliphatic rings. The maximum absolute atomic E-state index is 13.2. The highest BCUT2D eigenvalue weighted by atomic mass is 35.5. The van der Waals surface area contributed by atoms with Crippen LogP contribution in [0.5, 0.6) is 0 Å². The van der Waals surface area contributed by atoms with E-state index in [1.807, 2.05) is 0 Å². The summed E-state index contributed by atoms with van der Waals surface area (Å²) in [5.41, 5.74) is 1.94. The third-order valence-electron chi connectivity index (χ3n) is 5.38. The fourth-order valence-electron chi connectivity index (χ4n) is 3.64. The number of aryl methyl sites for hydroxylation is 1. The number of hydrogen-bond acceptors (Lipinski definition) is 4. The van der Waals surface area contributed by atoms with E-state index in [0.717, 1.165) is 18.4 Å². The number of carbonyl (C=O) groups excluding carboxylic acids is 1. The van der Waals surface area contributed by atoms with Crippen LogP contribution in [0.4, 0.5) is 4.39 Å². The number of nitrogens with one attached hydrogen (secondary N) is 1. The minimum atomic E-state index is -3.47. The summed E-state index contributed by atoms with van der Waals surface area (Å²) in [6, 6.07) is 12.1. The molecule has 0 spiro atoms. The van der Waals surface area contributed by atoms with Gasteiger partial charge in [-0.2, -0.15) is 9.40 Å².